The summed E-state index contributed by atoms with van der Waals surface area (Å²) in [7, 11) is 1.80. The van der Waals surface area contributed by atoms with Crippen molar-refractivity contribution in [1.29, 1.82) is 0 Å². The minimum atomic E-state index is -0.434. The maximum Gasteiger partial charge on any atom is 0.254 e. The monoisotopic (exact) mass is 209 g/mol. The largest absolute Gasteiger partial charge is 0.365 e. The summed E-state index contributed by atoms with van der Waals surface area (Å²) in [5, 5.41) is 4.19. The molecule has 0 radical (unpaired) electrons. The summed E-state index contributed by atoms with van der Waals surface area (Å²) in [5.41, 5.74) is 12.2. The lowest BCUT2D eigenvalue weighted by Gasteiger charge is -2.38. The maximum atomic E-state index is 11.3. The Hall–Kier alpha value is -1.56. The number of primary amides is 1. The quantitative estimate of drug-likeness (QED) is 0.652. The number of amides is 1. The highest BCUT2D eigenvalue weighted by atomic mass is 16.1. The van der Waals surface area contributed by atoms with Gasteiger partial charge in [0, 0.05) is 26.2 Å². The third kappa shape index (κ3) is 1.46. The van der Waals surface area contributed by atoms with Gasteiger partial charge >= 0.3 is 0 Å². The molecule has 0 aromatic carbocycles. The Labute approximate surface area is 87.8 Å². The average molecular weight is 209 g/mol. The Morgan fingerprint density at radius 2 is 2.13 bits per heavy atom. The number of anilines is 1. The molecule has 1 amide bonds. The molecule has 0 saturated carbocycles. The minimum Gasteiger partial charge on any atom is -0.365 e. The summed E-state index contributed by atoms with van der Waals surface area (Å²) in [4.78, 5) is 13.3. The molecule has 0 atom stereocenters. The third-order valence-electron chi connectivity index (χ3n) is 2.65. The van der Waals surface area contributed by atoms with Crippen molar-refractivity contribution in [2.75, 3.05) is 18.0 Å². The van der Waals surface area contributed by atoms with Gasteiger partial charge in [0.05, 0.1) is 5.69 Å². The topological polar surface area (TPSA) is 90.2 Å². The predicted octanol–water partition coefficient (Wildman–Crippen LogP) is -1.03. The number of carbonyl (C=O) groups is 1. The van der Waals surface area contributed by atoms with Crippen LogP contribution in [0.25, 0.3) is 0 Å². The van der Waals surface area contributed by atoms with Crippen molar-refractivity contribution in [1.82, 2.24) is 9.78 Å². The molecule has 82 valence electrons. The maximum absolute atomic E-state index is 11.3. The number of nitrogens with zero attached hydrogens (tertiary/aromatic N) is 3. The second kappa shape index (κ2) is 3.23. The van der Waals surface area contributed by atoms with Crippen LogP contribution in [0.3, 0.4) is 0 Å². The molecule has 1 aromatic heterocycles. The molecule has 1 saturated heterocycles. The van der Waals surface area contributed by atoms with Gasteiger partial charge in [0.2, 0.25) is 0 Å². The predicted molar refractivity (Wildman–Crippen MR) is 56.7 cm³/mol. The van der Waals surface area contributed by atoms with Gasteiger partial charge in [0.25, 0.3) is 5.91 Å². The lowest BCUT2D eigenvalue weighted by molar-refractivity contribution is 0.1000. The molecule has 2 heterocycles. The molecule has 15 heavy (non-hydrogen) atoms. The van der Waals surface area contributed by atoms with E-state index in [2.05, 4.69) is 5.10 Å². The smallest absolute Gasteiger partial charge is 0.254 e. The minimum absolute atomic E-state index is 0.181. The van der Waals surface area contributed by atoms with Crippen molar-refractivity contribution in [3.8, 4) is 0 Å². The second-order valence-electron chi connectivity index (χ2n) is 3.94. The van der Waals surface area contributed by atoms with Crippen LogP contribution in [0.15, 0.2) is 0 Å². The van der Waals surface area contributed by atoms with E-state index in [1.54, 1.807) is 18.7 Å². The van der Waals surface area contributed by atoms with Gasteiger partial charge < -0.3 is 16.4 Å². The van der Waals surface area contributed by atoms with E-state index in [-0.39, 0.29) is 6.04 Å². The first-order valence-corrected chi connectivity index (χ1v) is 4.84. The van der Waals surface area contributed by atoms with Crippen LogP contribution < -0.4 is 16.4 Å². The molecule has 0 aliphatic carbocycles. The van der Waals surface area contributed by atoms with Gasteiger partial charge in [-0.15, -0.1) is 0 Å². The number of rotatable bonds is 2. The van der Waals surface area contributed by atoms with Gasteiger partial charge in [-0.25, -0.2) is 0 Å². The van der Waals surface area contributed by atoms with Gasteiger partial charge in [-0.1, -0.05) is 0 Å². The Bertz CT molecular complexity index is 405. The van der Waals surface area contributed by atoms with E-state index in [9.17, 15) is 4.79 Å². The number of hydrogen-bond donors (Lipinski definition) is 2. The van der Waals surface area contributed by atoms with Crippen molar-refractivity contribution in [2.24, 2.45) is 18.5 Å². The molecule has 0 bridgehead atoms. The number of aryl methyl sites for hydroxylation is 2. The fourth-order valence-corrected chi connectivity index (χ4v) is 1.98. The third-order valence-corrected chi connectivity index (χ3v) is 2.65. The summed E-state index contributed by atoms with van der Waals surface area (Å²) in [6.07, 6.45) is 0. The van der Waals surface area contributed by atoms with Crippen molar-refractivity contribution in [3.05, 3.63) is 11.3 Å². The molecule has 1 aromatic rings. The molecule has 0 spiro atoms. The number of carbonyl (C=O) groups excluding carboxylic acids is 1. The first-order chi connectivity index (χ1) is 7.00. The molecular weight excluding hydrogens is 194 g/mol. The van der Waals surface area contributed by atoms with Crippen LogP contribution in [-0.2, 0) is 7.05 Å². The van der Waals surface area contributed by atoms with Gasteiger partial charge in [0.15, 0.2) is 0 Å². The number of aromatic nitrogens is 2. The van der Waals surface area contributed by atoms with E-state index in [4.69, 9.17) is 11.5 Å². The van der Waals surface area contributed by atoms with E-state index in [0.29, 0.717) is 11.3 Å². The highest BCUT2D eigenvalue weighted by Crippen LogP contribution is 2.26. The zero-order valence-corrected chi connectivity index (χ0v) is 8.90. The van der Waals surface area contributed by atoms with Crippen molar-refractivity contribution >= 4 is 11.7 Å². The normalized spacial score (nSPS) is 16.6. The van der Waals surface area contributed by atoms with E-state index >= 15 is 0 Å². The van der Waals surface area contributed by atoms with Gasteiger partial charge in [-0.3, -0.25) is 9.48 Å². The zero-order chi connectivity index (χ0) is 11.2. The van der Waals surface area contributed by atoms with Crippen molar-refractivity contribution in [3.63, 3.8) is 0 Å². The first kappa shape index (κ1) is 9.97. The van der Waals surface area contributed by atoms with Crippen LogP contribution in [0.4, 0.5) is 5.82 Å². The van der Waals surface area contributed by atoms with Crippen LogP contribution in [0.5, 0.6) is 0 Å². The molecular formula is C9H15N5O. The van der Waals surface area contributed by atoms with Gasteiger partial charge in [-0.05, 0) is 6.92 Å². The van der Waals surface area contributed by atoms with Gasteiger partial charge in [0.1, 0.15) is 11.4 Å². The van der Waals surface area contributed by atoms with Gasteiger partial charge in [-0.2, -0.15) is 5.10 Å². The molecule has 2 rings (SSSR count). The SMILES string of the molecule is Cc1nn(C)c(N2CC(N)C2)c1C(N)=O. The summed E-state index contributed by atoms with van der Waals surface area (Å²) >= 11 is 0. The number of nitrogens with two attached hydrogens (primary N) is 2. The Morgan fingerprint density at radius 3 is 2.60 bits per heavy atom. The van der Waals surface area contributed by atoms with E-state index < -0.39 is 5.91 Å². The molecule has 1 fully saturated rings. The summed E-state index contributed by atoms with van der Waals surface area (Å²) in [6, 6.07) is 0.181. The second-order valence-corrected chi connectivity index (χ2v) is 3.94. The van der Waals surface area contributed by atoms with Crippen LogP contribution in [0.1, 0.15) is 16.1 Å². The lowest BCUT2D eigenvalue weighted by Crippen LogP contribution is -2.56. The van der Waals surface area contributed by atoms with Crippen molar-refractivity contribution < 1.29 is 4.79 Å². The van der Waals surface area contributed by atoms with E-state index in [1.807, 2.05) is 4.90 Å². The summed E-state index contributed by atoms with van der Waals surface area (Å²) < 4.78 is 1.68. The first-order valence-electron chi connectivity index (χ1n) is 4.84. The highest BCUT2D eigenvalue weighted by Gasteiger charge is 2.30. The standard InChI is InChI=1S/C9H15N5O/c1-5-7(8(11)15)9(13(2)12-5)14-3-6(10)4-14/h6H,3-4,10H2,1-2H3,(H2,11,15). The molecule has 4 N–H and O–H groups in total. The van der Waals surface area contributed by atoms with E-state index in [1.165, 1.54) is 0 Å². The fraction of sp³-hybridized carbons (Fsp3) is 0.556. The van der Waals surface area contributed by atoms with Crippen LogP contribution in [-0.4, -0.2) is 34.8 Å². The molecule has 6 heteroatoms. The van der Waals surface area contributed by atoms with Crippen LogP contribution in [0.2, 0.25) is 0 Å². The molecule has 1 aliphatic heterocycles. The van der Waals surface area contributed by atoms with Crippen LogP contribution >= 0.6 is 0 Å². The Balaban J connectivity index is 2.41. The lowest BCUT2D eigenvalue weighted by atomic mass is 10.1. The van der Waals surface area contributed by atoms with Crippen molar-refractivity contribution in [2.45, 2.75) is 13.0 Å². The average Bonchev–Trinajstić information content (AvgIpc) is 2.35. The molecule has 1 aliphatic rings. The Morgan fingerprint density at radius 1 is 1.53 bits per heavy atom. The summed E-state index contributed by atoms with van der Waals surface area (Å²) in [5.74, 6) is 0.345. The van der Waals surface area contributed by atoms with Crippen LogP contribution in [0, 0.1) is 6.92 Å². The fourth-order valence-electron chi connectivity index (χ4n) is 1.98. The highest BCUT2D eigenvalue weighted by molar-refractivity contribution is 5.99. The zero-order valence-electron chi connectivity index (χ0n) is 8.90. The number of hydrogen-bond acceptors (Lipinski definition) is 4. The Kier molecular flexibility index (Phi) is 2.15. The molecule has 6 nitrogen and oxygen atoms in total. The van der Waals surface area contributed by atoms with E-state index in [0.717, 1.165) is 18.9 Å². The molecule has 0 unspecified atom stereocenters. The summed E-state index contributed by atoms with van der Waals surface area (Å²) in [6.45, 7) is 3.28.